The maximum atomic E-state index is 13.3. The molecule has 2 aliphatic carbocycles. The SMILES string of the molecule is CN1C[C@H]2c3c(c(O)n(-c4ccc(C#N)c(C(F)(F)F)c4)c3O)[C@H]1C1C[C@H]12. The number of halogens is 3. The number of hydrogen-bond donors (Lipinski definition) is 2. The fraction of sp³-hybridized carbons (Fsp3) is 0.421. The minimum atomic E-state index is -4.71. The van der Waals surface area contributed by atoms with Crippen LogP contribution < -0.4 is 0 Å². The molecule has 1 saturated carbocycles. The van der Waals surface area contributed by atoms with Crippen molar-refractivity contribution in [1.82, 2.24) is 9.47 Å². The highest BCUT2D eigenvalue weighted by molar-refractivity contribution is 5.60. The summed E-state index contributed by atoms with van der Waals surface area (Å²) in [5.41, 5.74) is -0.309. The summed E-state index contributed by atoms with van der Waals surface area (Å²) >= 11 is 0. The number of benzene rings is 1. The number of nitriles is 1. The molecular formula is C19H16F3N3O2. The van der Waals surface area contributed by atoms with E-state index in [9.17, 15) is 23.4 Å². The molecule has 2 aromatic rings. The van der Waals surface area contributed by atoms with Crippen molar-refractivity contribution in [3.63, 3.8) is 0 Å². The summed E-state index contributed by atoms with van der Waals surface area (Å²) in [7, 11) is 1.96. The van der Waals surface area contributed by atoms with Crippen molar-refractivity contribution in [2.45, 2.75) is 24.6 Å². The minimum absolute atomic E-state index is 0.0125. The van der Waals surface area contributed by atoms with E-state index >= 15 is 0 Å². The molecule has 4 atom stereocenters. The Kier molecular flexibility index (Phi) is 3.05. The van der Waals surface area contributed by atoms with E-state index in [1.807, 2.05) is 7.05 Å². The lowest BCUT2D eigenvalue weighted by Crippen LogP contribution is -2.41. The molecule has 2 fully saturated rings. The normalized spacial score (nSPS) is 28.6. The Hall–Kier alpha value is -2.66. The summed E-state index contributed by atoms with van der Waals surface area (Å²) < 4.78 is 41.0. The molecule has 1 aromatic carbocycles. The number of piperidine rings is 1. The standard InChI is InChI=1S/C19H16F3N3O2/c1-24-7-12-10-5-11(10)16(24)15-14(12)17(26)25(18(15)27)9-3-2-8(6-23)13(4-9)19(20,21)22/h2-4,10-12,16,26-27H,5,7H2,1H3/t10-,11?,12-,16-/m1/s1. The van der Waals surface area contributed by atoms with E-state index < -0.39 is 17.3 Å². The molecule has 8 heteroatoms. The lowest BCUT2D eigenvalue weighted by Gasteiger charge is -2.42. The Labute approximate surface area is 152 Å². The molecule has 0 amide bonds. The lowest BCUT2D eigenvalue weighted by molar-refractivity contribution is -0.137. The van der Waals surface area contributed by atoms with Crippen molar-refractivity contribution in [3.8, 4) is 23.5 Å². The molecule has 2 N–H and O–H groups in total. The highest BCUT2D eigenvalue weighted by Gasteiger charge is 2.61. The second-order valence-corrected chi connectivity index (χ2v) is 7.70. The first-order valence-corrected chi connectivity index (χ1v) is 8.72. The van der Waals surface area contributed by atoms with Gasteiger partial charge in [-0.15, -0.1) is 0 Å². The molecule has 0 spiro atoms. The molecular weight excluding hydrogens is 359 g/mol. The summed E-state index contributed by atoms with van der Waals surface area (Å²) in [6.07, 6.45) is -3.66. The third kappa shape index (κ3) is 2.03. The molecule has 6 rings (SSSR count). The van der Waals surface area contributed by atoms with Gasteiger partial charge in [-0.05, 0) is 43.5 Å². The van der Waals surface area contributed by atoms with Crippen molar-refractivity contribution >= 4 is 0 Å². The molecule has 140 valence electrons. The number of hydrogen-bond acceptors (Lipinski definition) is 4. The van der Waals surface area contributed by atoms with Crippen LogP contribution in [0.3, 0.4) is 0 Å². The van der Waals surface area contributed by atoms with Crippen LogP contribution >= 0.6 is 0 Å². The molecule has 1 aromatic heterocycles. The number of aromatic nitrogens is 1. The van der Waals surface area contributed by atoms with E-state index in [4.69, 9.17) is 5.26 Å². The van der Waals surface area contributed by atoms with Crippen LogP contribution in [0.5, 0.6) is 11.8 Å². The maximum Gasteiger partial charge on any atom is 0.417 e. The quantitative estimate of drug-likeness (QED) is 0.800. The van der Waals surface area contributed by atoms with E-state index in [0.29, 0.717) is 23.0 Å². The predicted molar refractivity (Wildman–Crippen MR) is 88.5 cm³/mol. The first-order chi connectivity index (χ1) is 12.7. The van der Waals surface area contributed by atoms with Crippen molar-refractivity contribution in [3.05, 3.63) is 40.5 Å². The number of rotatable bonds is 1. The van der Waals surface area contributed by atoms with Gasteiger partial charge in [0, 0.05) is 29.6 Å². The molecule has 0 radical (unpaired) electrons. The molecule has 3 heterocycles. The summed E-state index contributed by atoms with van der Waals surface area (Å²) in [6, 6.07) is 4.69. The number of likely N-dealkylation sites (N-methyl/N-ethyl adjacent to an activating group) is 1. The summed E-state index contributed by atoms with van der Waals surface area (Å²) in [5.74, 6) is 0.550. The van der Waals surface area contributed by atoms with Crippen LogP contribution in [0.2, 0.25) is 0 Å². The Morgan fingerprint density at radius 3 is 2.52 bits per heavy atom. The monoisotopic (exact) mass is 375 g/mol. The van der Waals surface area contributed by atoms with Crippen LogP contribution in [0.1, 0.15) is 40.6 Å². The first-order valence-electron chi connectivity index (χ1n) is 8.72. The van der Waals surface area contributed by atoms with Crippen LogP contribution in [0.4, 0.5) is 13.2 Å². The summed E-state index contributed by atoms with van der Waals surface area (Å²) in [6.45, 7) is 0.761. The van der Waals surface area contributed by atoms with E-state index in [0.717, 1.165) is 29.7 Å². The second-order valence-electron chi connectivity index (χ2n) is 7.70. The minimum Gasteiger partial charge on any atom is -0.494 e. The van der Waals surface area contributed by atoms with Crippen LogP contribution in [0, 0.1) is 23.2 Å². The van der Waals surface area contributed by atoms with Gasteiger partial charge in [0.05, 0.1) is 22.9 Å². The van der Waals surface area contributed by atoms with Gasteiger partial charge in [0.15, 0.2) is 0 Å². The van der Waals surface area contributed by atoms with Crippen LogP contribution in [-0.2, 0) is 6.18 Å². The van der Waals surface area contributed by atoms with Gasteiger partial charge in [0.1, 0.15) is 0 Å². The second kappa shape index (κ2) is 4.98. The zero-order valence-electron chi connectivity index (χ0n) is 14.3. The smallest absolute Gasteiger partial charge is 0.417 e. The van der Waals surface area contributed by atoms with E-state index in [2.05, 4.69) is 4.90 Å². The van der Waals surface area contributed by atoms with Crippen molar-refractivity contribution < 1.29 is 23.4 Å². The highest BCUT2D eigenvalue weighted by Crippen LogP contribution is 2.68. The van der Waals surface area contributed by atoms with Gasteiger partial charge in [-0.2, -0.15) is 18.4 Å². The molecule has 4 aliphatic rings. The van der Waals surface area contributed by atoms with Gasteiger partial charge >= 0.3 is 6.18 Å². The first kappa shape index (κ1) is 16.5. The Morgan fingerprint density at radius 2 is 1.85 bits per heavy atom. The largest absolute Gasteiger partial charge is 0.494 e. The van der Waals surface area contributed by atoms with Gasteiger partial charge in [-0.25, -0.2) is 0 Å². The zero-order valence-corrected chi connectivity index (χ0v) is 14.3. The molecule has 1 unspecified atom stereocenters. The number of nitrogens with zero attached hydrogens (tertiary/aromatic N) is 3. The third-order valence-corrected chi connectivity index (χ3v) is 6.32. The summed E-state index contributed by atoms with van der Waals surface area (Å²) in [5, 5.41) is 30.6. The molecule has 1 saturated heterocycles. The predicted octanol–water partition coefficient (Wildman–Crippen LogP) is 3.50. The van der Waals surface area contributed by atoms with Crippen molar-refractivity contribution in [2.75, 3.05) is 13.6 Å². The van der Waals surface area contributed by atoms with Gasteiger partial charge in [0.25, 0.3) is 0 Å². The average Bonchev–Trinajstić information content (AvgIpc) is 3.37. The molecule has 5 nitrogen and oxygen atoms in total. The molecule has 27 heavy (non-hydrogen) atoms. The lowest BCUT2D eigenvalue weighted by atomic mass is 9.77. The van der Waals surface area contributed by atoms with Gasteiger partial charge in [0.2, 0.25) is 11.8 Å². The van der Waals surface area contributed by atoms with Gasteiger partial charge in [-0.3, -0.25) is 9.47 Å². The number of aromatic hydroxyl groups is 2. The van der Waals surface area contributed by atoms with Crippen LogP contribution in [0.15, 0.2) is 18.2 Å². The highest BCUT2D eigenvalue weighted by atomic mass is 19.4. The Balaban J connectivity index is 1.72. The van der Waals surface area contributed by atoms with Crippen LogP contribution in [-0.4, -0.2) is 33.3 Å². The van der Waals surface area contributed by atoms with Crippen molar-refractivity contribution in [1.29, 1.82) is 5.26 Å². The van der Waals surface area contributed by atoms with E-state index in [1.165, 1.54) is 12.1 Å². The van der Waals surface area contributed by atoms with Gasteiger partial charge < -0.3 is 10.2 Å². The van der Waals surface area contributed by atoms with E-state index in [1.54, 1.807) is 0 Å². The maximum absolute atomic E-state index is 13.3. The fourth-order valence-electron chi connectivity index (χ4n) is 5.17. The number of fused-ring (bicyclic) bond motifs is 1. The van der Waals surface area contributed by atoms with Crippen LogP contribution in [0.25, 0.3) is 5.69 Å². The molecule has 2 aliphatic heterocycles. The van der Waals surface area contributed by atoms with Gasteiger partial charge in [-0.1, -0.05) is 0 Å². The van der Waals surface area contributed by atoms with Crippen molar-refractivity contribution in [2.24, 2.45) is 11.8 Å². The topological polar surface area (TPSA) is 72.4 Å². The average molecular weight is 375 g/mol. The zero-order chi connectivity index (χ0) is 19.2. The van der Waals surface area contributed by atoms with E-state index in [-0.39, 0.29) is 29.4 Å². The number of alkyl halides is 3. The Bertz CT molecular complexity index is 1020. The fourth-order valence-corrected chi connectivity index (χ4v) is 5.17. The third-order valence-electron chi connectivity index (χ3n) is 6.32. The summed E-state index contributed by atoms with van der Waals surface area (Å²) in [4.78, 5) is 2.14. The molecule has 2 bridgehead atoms. The Morgan fingerprint density at radius 1 is 1.15 bits per heavy atom.